The number of aromatic hydroxyl groups is 1. The van der Waals surface area contributed by atoms with E-state index < -0.39 is 0 Å². The molecular weight excluding hydrogens is 308 g/mol. The van der Waals surface area contributed by atoms with Crippen LogP contribution in [0.1, 0.15) is 5.56 Å². The quantitative estimate of drug-likeness (QED) is 0.651. The molecule has 0 aliphatic heterocycles. The molecular formula is C7H7ClINO3. The molecule has 0 aliphatic rings. The zero-order valence-corrected chi connectivity index (χ0v) is 9.57. The Morgan fingerprint density at radius 3 is 2.69 bits per heavy atom. The number of anilines is 1. The van der Waals surface area contributed by atoms with Gasteiger partial charge >= 0.3 is 0 Å². The highest BCUT2D eigenvalue weighted by Gasteiger charge is 2.11. The summed E-state index contributed by atoms with van der Waals surface area (Å²) in [6.07, 6.45) is 0. The third-order valence-electron chi connectivity index (χ3n) is 1.53. The molecule has 0 aliphatic carbocycles. The molecule has 2 N–H and O–H groups in total. The van der Waals surface area contributed by atoms with Crippen molar-refractivity contribution in [3.8, 4) is 5.75 Å². The number of phenolic OH excluding ortho intramolecular Hbond substituents is 1. The summed E-state index contributed by atoms with van der Waals surface area (Å²) in [6.45, 7) is 1.75. The minimum atomic E-state index is -0.0962. The second kappa shape index (κ2) is 4.32. The van der Waals surface area contributed by atoms with E-state index in [1.807, 2.05) is 0 Å². The highest BCUT2D eigenvalue weighted by Crippen LogP contribution is 2.32. The Balaban J connectivity index is 3.15. The molecule has 13 heavy (non-hydrogen) atoms. The van der Waals surface area contributed by atoms with Crippen molar-refractivity contribution in [2.75, 3.05) is 5.23 Å². The first-order valence-electron chi connectivity index (χ1n) is 3.33. The van der Waals surface area contributed by atoms with Crippen LogP contribution >= 0.6 is 34.6 Å². The van der Waals surface area contributed by atoms with Gasteiger partial charge in [0.05, 0.1) is 0 Å². The van der Waals surface area contributed by atoms with E-state index in [2.05, 4.69) is 3.17 Å². The summed E-state index contributed by atoms with van der Waals surface area (Å²) in [5.41, 5.74) is 0.828. The fourth-order valence-corrected chi connectivity index (χ4v) is 1.22. The molecule has 0 aromatic heterocycles. The molecule has 0 atom stereocenters. The molecule has 0 saturated carbocycles. The van der Waals surface area contributed by atoms with Crippen molar-refractivity contribution in [3.05, 3.63) is 22.7 Å². The van der Waals surface area contributed by atoms with Gasteiger partial charge in [0.25, 0.3) is 0 Å². The van der Waals surface area contributed by atoms with Crippen LogP contribution in [-0.2, 0) is 3.17 Å². The van der Waals surface area contributed by atoms with E-state index in [1.165, 1.54) is 35.1 Å². The molecule has 72 valence electrons. The van der Waals surface area contributed by atoms with Crippen LogP contribution in [-0.4, -0.2) is 10.3 Å². The molecule has 0 spiro atoms. The van der Waals surface area contributed by atoms with Gasteiger partial charge in [0.1, 0.15) is 34.4 Å². The van der Waals surface area contributed by atoms with E-state index in [0.717, 1.165) is 5.56 Å². The normalized spacial score (nSPS) is 10.2. The number of hydrogen-bond donors (Lipinski definition) is 2. The predicted molar refractivity (Wildman–Crippen MR) is 57.2 cm³/mol. The molecule has 1 aromatic carbocycles. The largest absolute Gasteiger partial charge is 0.506 e. The topological polar surface area (TPSA) is 52.9 Å². The van der Waals surface area contributed by atoms with Gasteiger partial charge in [-0.15, -0.1) is 5.23 Å². The Bertz CT molecular complexity index is 321. The standard InChI is InChI=1S/C7H7ClINO3/c1-4-2-7(11)6(3-5(4)8)10(12)13-9/h2-3,11-12H,1H3. The van der Waals surface area contributed by atoms with Gasteiger partial charge in [-0.1, -0.05) is 11.6 Å². The van der Waals surface area contributed by atoms with Crippen LogP contribution in [0.5, 0.6) is 5.75 Å². The van der Waals surface area contributed by atoms with E-state index >= 15 is 0 Å². The lowest BCUT2D eigenvalue weighted by Crippen LogP contribution is -2.12. The van der Waals surface area contributed by atoms with Gasteiger partial charge in [-0.25, -0.2) is 0 Å². The van der Waals surface area contributed by atoms with Crippen LogP contribution in [0, 0.1) is 6.92 Å². The Morgan fingerprint density at radius 2 is 2.15 bits per heavy atom. The Kier molecular flexibility index (Phi) is 3.60. The zero-order chi connectivity index (χ0) is 10.0. The number of phenols is 1. The SMILES string of the molecule is Cc1cc(O)c(N(O)OI)cc1Cl. The van der Waals surface area contributed by atoms with Crippen molar-refractivity contribution in [2.24, 2.45) is 0 Å². The summed E-state index contributed by atoms with van der Waals surface area (Å²) < 4.78 is 4.45. The first-order chi connectivity index (χ1) is 6.06. The van der Waals surface area contributed by atoms with Gasteiger partial charge < -0.3 is 5.11 Å². The molecule has 4 nitrogen and oxygen atoms in total. The maximum atomic E-state index is 9.37. The molecule has 0 unspecified atom stereocenters. The number of hydrogen-bond acceptors (Lipinski definition) is 4. The third kappa shape index (κ3) is 2.37. The van der Waals surface area contributed by atoms with Gasteiger partial charge in [0.15, 0.2) is 0 Å². The van der Waals surface area contributed by atoms with Crippen LogP contribution in [0.25, 0.3) is 0 Å². The Labute approximate surface area is 94.3 Å². The molecule has 6 heteroatoms. The molecule has 0 heterocycles. The highest BCUT2D eigenvalue weighted by molar-refractivity contribution is 14.1. The van der Waals surface area contributed by atoms with Crippen molar-refractivity contribution in [1.29, 1.82) is 0 Å². The lowest BCUT2D eigenvalue weighted by atomic mass is 10.2. The summed E-state index contributed by atoms with van der Waals surface area (Å²) >= 11 is 7.26. The maximum absolute atomic E-state index is 9.37. The minimum absolute atomic E-state index is 0.0962. The summed E-state index contributed by atoms with van der Waals surface area (Å²) in [4.78, 5) is 0. The number of aryl methyl sites for hydroxylation is 1. The number of nitrogens with zero attached hydrogens (tertiary/aromatic N) is 1. The lowest BCUT2D eigenvalue weighted by Gasteiger charge is -2.13. The third-order valence-corrected chi connectivity index (χ3v) is 2.31. The van der Waals surface area contributed by atoms with Gasteiger partial charge in [-0.2, -0.15) is 3.17 Å². The summed E-state index contributed by atoms with van der Waals surface area (Å²) in [7, 11) is 0. The molecule has 0 saturated heterocycles. The van der Waals surface area contributed by atoms with Crippen molar-refractivity contribution in [2.45, 2.75) is 6.92 Å². The zero-order valence-electron chi connectivity index (χ0n) is 6.66. The van der Waals surface area contributed by atoms with Crippen LogP contribution in [0.3, 0.4) is 0 Å². The lowest BCUT2D eigenvalue weighted by molar-refractivity contribution is 0.0894. The highest BCUT2D eigenvalue weighted by atomic mass is 127. The molecule has 0 bridgehead atoms. The Hall–Kier alpha value is -0.240. The molecule has 0 radical (unpaired) electrons. The molecule has 1 aromatic rings. The average Bonchev–Trinajstić information content (AvgIpc) is 2.10. The number of rotatable bonds is 2. The summed E-state index contributed by atoms with van der Waals surface area (Å²) in [5.74, 6) is -0.0962. The smallest absolute Gasteiger partial charge is 0.148 e. The van der Waals surface area contributed by atoms with Crippen LogP contribution in [0.4, 0.5) is 5.69 Å². The van der Waals surface area contributed by atoms with Gasteiger partial charge in [0.2, 0.25) is 0 Å². The molecule has 1 rings (SSSR count). The van der Waals surface area contributed by atoms with E-state index in [9.17, 15) is 5.11 Å². The van der Waals surface area contributed by atoms with Crippen LogP contribution < -0.4 is 5.23 Å². The first kappa shape index (κ1) is 10.8. The summed E-state index contributed by atoms with van der Waals surface area (Å²) in [5, 5.41) is 19.4. The summed E-state index contributed by atoms with van der Waals surface area (Å²) in [6, 6.07) is 2.85. The van der Waals surface area contributed by atoms with Gasteiger partial charge in [-0.3, -0.25) is 5.21 Å². The molecule has 0 amide bonds. The first-order valence-corrected chi connectivity index (χ1v) is 4.59. The molecule has 0 fully saturated rings. The fraction of sp³-hybridized carbons (Fsp3) is 0.143. The van der Waals surface area contributed by atoms with Crippen molar-refractivity contribution < 1.29 is 13.5 Å². The fourth-order valence-electron chi connectivity index (χ4n) is 0.846. The number of halogens is 2. The van der Waals surface area contributed by atoms with Crippen molar-refractivity contribution >= 4 is 40.3 Å². The minimum Gasteiger partial charge on any atom is -0.506 e. The van der Waals surface area contributed by atoms with Crippen molar-refractivity contribution in [1.82, 2.24) is 0 Å². The van der Waals surface area contributed by atoms with E-state index in [1.54, 1.807) is 6.92 Å². The van der Waals surface area contributed by atoms with Crippen molar-refractivity contribution in [3.63, 3.8) is 0 Å². The second-order valence-corrected chi connectivity index (χ2v) is 3.23. The predicted octanol–water partition coefficient (Wildman–Crippen LogP) is 2.83. The maximum Gasteiger partial charge on any atom is 0.148 e. The van der Waals surface area contributed by atoms with Crippen LogP contribution in [0.15, 0.2) is 12.1 Å². The average molecular weight is 315 g/mol. The van der Waals surface area contributed by atoms with Crippen LogP contribution in [0.2, 0.25) is 5.02 Å². The van der Waals surface area contributed by atoms with Gasteiger partial charge in [0, 0.05) is 5.02 Å². The van der Waals surface area contributed by atoms with Gasteiger partial charge in [-0.05, 0) is 24.6 Å². The van der Waals surface area contributed by atoms with E-state index in [0.29, 0.717) is 10.2 Å². The van der Waals surface area contributed by atoms with E-state index in [-0.39, 0.29) is 11.4 Å². The monoisotopic (exact) mass is 315 g/mol. The number of benzene rings is 1. The second-order valence-electron chi connectivity index (χ2n) is 2.43. The van der Waals surface area contributed by atoms with E-state index in [4.69, 9.17) is 16.8 Å². The Morgan fingerprint density at radius 1 is 1.54 bits per heavy atom.